The van der Waals surface area contributed by atoms with Gasteiger partial charge in [0, 0.05) is 12.6 Å². The van der Waals surface area contributed by atoms with E-state index >= 15 is 0 Å². The topological polar surface area (TPSA) is 15.3 Å². The van der Waals surface area contributed by atoms with Crippen molar-refractivity contribution in [3.63, 3.8) is 0 Å². The molecule has 2 nitrogen and oxygen atoms in total. The van der Waals surface area contributed by atoms with Crippen LogP contribution in [0.25, 0.3) is 0 Å². The average molecular weight is 238 g/mol. The fraction of sp³-hybridized carbons (Fsp3) is 0.571. The van der Waals surface area contributed by atoms with Gasteiger partial charge in [-0.25, -0.2) is 4.39 Å². The van der Waals surface area contributed by atoms with Gasteiger partial charge in [-0.15, -0.1) is 0 Å². The second kappa shape index (κ2) is 7.41. The molecule has 1 aromatic rings. The van der Waals surface area contributed by atoms with Gasteiger partial charge in [0.2, 0.25) is 0 Å². The van der Waals surface area contributed by atoms with E-state index in [1.54, 1.807) is 0 Å². The highest BCUT2D eigenvalue weighted by molar-refractivity contribution is 5.15. The molecule has 1 N–H and O–H groups in total. The van der Waals surface area contributed by atoms with Crippen molar-refractivity contribution in [1.82, 2.24) is 10.2 Å². The summed E-state index contributed by atoms with van der Waals surface area (Å²) >= 11 is 0. The van der Waals surface area contributed by atoms with Crippen molar-refractivity contribution in [2.75, 3.05) is 20.6 Å². The van der Waals surface area contributed by atoms with Crippen LogP contribution in [0, 0.1) is 5.82 Å². The van der Waals surface area contributed by atoms with Gasteiger partial charge in [-0.1, -0.05) is 12.1 Å². The van der Waals surface area contributed by atoms with Crippen molar-refractivity contribution in [3.05, 3.63) is 35.6 Å². The maximum absolute atomic E-state index is 12.8. The normalized spacial score (nSPS) is 13.0. The van der Waals surface area contributed by atoms with Crippen LogP contribution in [-0.2, 0) is 6.54 Å². The molecule has 0 saturated heterocycles. The molecule has 1 unspecified atom stereocenters. The molecule has 0 aliphatic carbocycles. The molecule has 0 heterocycles. The maximum Gasteiger partial charge on any atom is 0.123 e. The van der Waals surface area contributed by atoms with Gasteiger partial charge in [0.05, 0.1) is 0 Å². The van der Waals surface area contributed by atoms with Crippen LogP contribution < -0.4 is 5.32 Å². The molecule has 0 amide bonds. The lowest BCUT2D eigenvalue weighted by Crippen LogP contribution is -2.29. The Bertz CT molecular complexity index is 311. The molecular weight excluding hydrogens is 215 g/mol. The van der Waals surface area contributed by atoms with E-state index in [-0.39, 0.29) is 5.82 Å². The Kier molecular flexibility index (Phi) is 6.16. The third-order valence-corrected chi connectivity index (χ3v) is 3.15. The first kappa shape index (κ1) is 14.1. The highest BCUT2D eigenvalue weighted by Gasteiger charge is 2.09. The zero-order valence-electron chi connectivity index (χ0n) is 11.0. The predicted molar refractivity (Wildman–Crippen MR) is 70.5 cm³/mol. The first-order chi connectivity index (χ1) is 8.13. The van der Waals surface area contributed by atoms with E-state index in [0.717, 1.165) is 18.7 Å². The summed E-state index contributed by atoms with van der Waals surface area (Å²) in [6.07, 6.45) is 2.37. The fourth-order valence-electron chi connectivity index (χ4n) is 1.83. The first-order valence-electron chi connectivity index (χ1n) is 6.22. The standard InChI is InChI=1S/C14H23FN2/c1-12(5-4-10-16-2)17(3)11-13-6-8-14(15)9-7-13/h6-9,12,16H,4-5,10-11H2,1-3H3. The van der Waals surface area contributed by atoms with Gasteiger partial charge in [-0.3, -0.25) is 4.90 Å². The van der Waals surface area contributed by atoms with Crippen molar-refractivity contribution in [2.45, 2.75) is 32.4 Å². The fourth-order valence-corrected chi connectivity index (χ4v) is 1.83. The summed E-state index contributed by atoms with van der Waals surface area (Å²) in [6.45, 7) is 4.18. The molecule has 0 bridgehead atoms. The average Bonchev–Trinajstić information content (AvgIpc) is 2.32. The van der Waals surface area contributed by atoms with Crippen LogP contribution in [0.5, 0.6) is 0 Å². The molecule has 1 rings (SSSR count). The highest BCUT2D eigenvalue weighted by Crippen LogP contribution is 2.10. The quantitative estimate of drug-likeness (QED) is 0.735. The minimum absolute atomic E-state index is 0.168. The van der Waals surface area contributed by atoms with Gasteiger partial charge in [-0.05, 0) is 58.1 Å². The number of nitrogens with zero attached hydrogens (tertiary/aromatic N) is 1. The van der Waals surface area contributed by atoms with Gasteiger partial charge in [0.1, 0.15) is 5.82 Å². The molecular formula is C14H23FN2. The van der Waals surface area contributed by atoms with E-state index in [4.69, 9.17) is 0 Å². The lowest BCUT2D eigenvalue weighted by Gasteiger charge is -2.24. The zero-order chi connectivity index (χ0) is 12.7. The van der Waals surface area contributed by atoms with Crippen molar-refractivity contribution < 1.29 is 4.39 Å². The lowest BCUT2D eigenvalue weighted by atomic mass is 10.1. The maximum atomic E-state index is 12.8. The van der Waals surface area contributed by atoms with Crippen LogP contribution in [0.15, 0.2) is 24.3 Å². The van der Waals surface area contributed by atoms with Crippen LogP contribution in [0.2, 0.25) is 0 Å². The highest BCUT2D eigenvalue weighted by atomic mass is 19.1. The second-order valence-electron chi connectivity index (χ2n) is 4.64. The molecule has 0 aliphatic rings. The minimum atomic E-state index is -0.168. The molecule has 0 fully saturated rings. The summed E-state index contributed by atoms with van der Waals surface area (Å²) in [5, 5.41) is 3.16. The molecule has 0 spiro atoms. The number of hydrogen-bond donors (Lipinski definition) is 1. The molecule has 0 radical (unpaired) electrons. The van der Waals surface area contributed by atoms with Crippen molar-refractivity contribution in [1.29, 1.82) is 0 Å². The molecule has 0 saturated carbocycles. The van der Waals surface area contributed by atoms with Crippen molar-refractivity contribution >= 4 is 0 Å². The number of halogens is 1. The molecule has 1 atom stereocenters. The zero-order valence-corrected chi connectivity index (χ0v) is 11.0. The van der Waals surface area contributed by atoms with Gasteiger partial charge in [0.15, 0.2) is 0 Å². The van der Waals surface area contributed by atoms with Crippen LogP contribution >= 0.6 is 0 Å². The largest absolute Gasteiger partial charge is 0.320 e. The Labute approximate surface area is 104 Å². The molecule has 3 heteroatoms. The van der Waals surface area contributed by atoms with Gasteiger partial charge >= 0.3 is 0 Å². The van der Waals surface area contributed by atoms with Crippen LogP contribution in [-0.4, -0.2) is 31.6 Å². The molecule has 0 aliphatic heterocycles. The summed E-state index contributed by atoms with van der Waals surface area (Å²) in [7, 11) is 4.10. The van der Waals surface area contributed by atoms with E-state index in [1.807, 2.05) is 19.2 Å². The Morgan fingerprint density at radius 1 is 1.29 bits per heavy atom. The Balaban J connectivity index is 2.37. The van der Waals surface area contributed by atoms with Crippen LogP contribution in [0.1, 0.15) is 25.3 Å². The summed E-state index contributed by atoms with van der Waals surface area (Å²) in [4.78, 5) is 2.31. The number of rotatable bonds is 7. The molecule has 1 aromatic carbocycles. The summed E-state index contributed by atoms with van der Waals surface area (Å²) < 4.78 is 12.8. The van der Waals surface area contributed by atoms with Crippen molar-refractivity contribution in [2.24, 2.45) is 0 Å². The Morgan fingerprint density at radius 2 is 1.94 bits per heavy atom. The number of benzene rings is 1. The number of hydrogen-bond acceptors (Lipinski definition) is 2. The third kappa shape index (κ3) is 5.29. The van der Waals surface area contributed by atoms with E-state index in [0.29, 0.717) is 6.04 Å². The monoisotopic (exact) mass is 238 g/mol. The summed E-state index contributed by atoms with van der Waals surface area (Å²) in [5.74, 6) is -0.168. The summed E-state index contributed by atoms with van der Waals surface area (Å²) in [6, 6.07) is 7.30. The summed E-state index contributed by atoms with van der Waals surface area (Å²) in [5.41, 5.74) is 1.16. The molecule has 0 aromatic heterocycles. The van der Waals surface area contributed by atoms with E-state index in [2.05, 4.69) is 24.2 Å². The molecule has 17 heavy (non-hydrogen) atoms. The van der Waals surface area contributed by atoms with Crippen molar-refractivity contribution in [3.8, 4) is 0 Å². The van der Waals surface area contributed by atoms with E-state index in [9.17, 15) is 4.39 Å². The molecule has 96 valence electrons. The Hall–Kier alpha value is -0.930. The van der Waals surface area contributed by atoms with Gasteiger partial charge in [-0.2, -0.15) is 0 Å². The smallest absolute Gasteiger partial charge is 0.123 e. The van der Waals surface area contributed by atoms with Gasteiger partial charge < -0.3 is 5.32 Å². The lowest BCUT2D eigenvalue weighted by molar-refractivity contribution is 0.234. The van der Waals surface area contributed by atoms with E-state index < -0.39 is 0 Å². The van der Waals surface area contributed by atoms with Crippen LogP contribution in [0.4, 0.5) is 4.39 Å². The predicted octanol–water partition coefficient (Wildman–Crippen LogP) is 2.65. The minimum Gasteiger partial charge on any atom is -0.320 e. The second-order valence-corrected chi connectivity index (χ2v) is 4.64. The Morgan fingerprint density at radius 3 is 2.53 bits per heavy atom. The van der Waals surface area contributed by atoms with Gasteiger partial charge in [0.25, 0.3) is 0 Å². The SMILES string of the molecule is CNCCCC(C)N(C)Cc1ccc(F)cc1. The van der Waals surface area contributed by atoms with E-state index in [1.165, 1.54) is 25.0 Å². The number of nitrogens with one attached hydrogen (secondary N) is 1. The third-order valence-electron chi connectivity index (χ3n) is 3.15. The first-order valence-corrected chi connectivity index (χ1v) is 6.22. The van der Waals surface area contributed by atoms with Crippen LogP contribution in [0.3, 0.4) is 0 Å².